The first-order valence-electron chi connectivity index (χ1n) is 7.91. The first-order valence-corrected chi connectivity index (χ1v) is 9.67. The third-order valence-corrected chi connectivity index (χ3v) is 5.52. The molecule has 0 saturated heterocycles. The molecule has 3 aromatic heterocycles. The van der Waals surface area contributed by atoms with E-state index in [1.165, 1.54) is 4.70 Å². The van der Waals surface area contributed by atoms with Crippen molar-refractivity contribution in [2.45, 2.75) is 13.3 Å². The van der Waals surface area contributed by atoms with Crippen molar-refractivity contribution in [2.24, 2.45) is 0 Å². The fourth-order valence-corrected chi connectivity index (χ4v) is 4.26. The molecule has 0 saturated carbocycles. The van der Waals surface area contributed by atoms with Gasteiger partial charge in [-0.15, -0.1) is 11.3 Å². The highest BCUT2D eigenvalue weighted by Crippen LogP contribution is 2.37. The van der Waals surface area contributed by atoms with Crippen LogP contribution in [0.3, 0.4) is 0 Å². The fourth-order valence-electron chi connectivity index (χ4n) is 2.63. The number of oxazole rings is 1. The summed E-state index contributed by atoms with van der Waals surface area (Å²) in [4.78, 5) is 17.5. The highest BCUT2D eigenvalue weighted by atomic mass is 32.1. The summed E-state index contributed by atoms with van der Waals surface area (Å²) in [6.07, 6.45) is 0.105. The maximum atomic E-state index is 11.9. The Labute approximate surface area is 152 Å². The molecule has 3 heterocycles. The zero-order valence-electron chi connectivity index (χ0n) is 13.5. The van der Waals surface area contributed by atoms with Gasteiger partial charge in [0.2, 0.25) is 5.89 Å². The van der Waals surface area contributed by atoms with Gasteiger partial charge in [-0.1, -0.05) is 18.2 Å². The zero-order chi connectivity index (χ0) is 17.2. The summed E-state index contributed by atoms with van der Waals surface area (Å²) in [7, 11) is 0. The lowest BCUT2D eigenvalue weighted by Crippen LogP contribution is -2.08. The van der Waals surface area contributed by atoms with Crippen LogP contribution in [-0.2, 0) is 16.0 Å². The molecule has 126 valence electrons. The SMILES string of the molecule is CCOC(=O)Cc1nc(-c2cc3ccccc3s2)oc1-c1ccsc1. The maximum Gasteiger partial charge on any atom is 0.312 e. The summed E-state index contributed by atoms with van der Waals surface area (Å²) >= 11 is 3.21. The van der Waals surface area contributed by atoms with E-state index in [-0.39, 0.29) is 12.4 Å². The second-order valence-corrected chi connectivity index (χ2v) is 7.30. The summed E-state index contributed by atoms with van der Waals surface area (Å²) in [5.41, 5.74) is 1.55. The molecule has 25 heavy (non-hydrogen) atoms. The summed E-state index contributed by atoms with van der Waals surface area (Å²) < 4.78 is 12.3. The van der Waals surface area contributed by atoms with Crippen LogP contribution >= 0.6 is 22.7 Å². The molecule has 0 fully saturated rings. The van der Waals surface area contributed by atoms with Gasteiger partial charge in [-0.25, -0.2) is 4.98 Å². The first-order chi connectivity index (χ1) is 12.2. The van der Waals surface area contributed by atoms with Crippen LogP contribution in [0.5, 0.6) is 0 Å². The van der Waals surface area contributed by atoms with Crippen LogP contribution in [0.2, 0.25) is 0 Å². The second-order valence-electron chi connectivity index (χ2n) is 5.44. The average molecular weight is 369 g/mol. The lowest BCUT2D eigenvalue weighted by Gasteiger charge is -2.00. The number of carbonyl (C=O) groups excluding carboxylic acids is 1. The summed E-state index contributed by atoms with van der Waals surface area (Å²) in [6, 6.07) is 12.2. The van der Waals surface area contributed by atoms with Gasteiger partial charge in [0.1, 0.15) is 0 Å². The average Bonchev–Trinajstić information content (AvgIpc) is 3.33. The van der Waals surface area contributed by atoms with E-state index in [9.17, 15) is 4.79 Å². The largest absolute Gasteiger partial charge is 0.466 e. The third-order valence-electron chi connectivity index (χ3n) is 3.73. The number of nitrogens with zero attached hydrogens (tertiary/aromatic N) is 1. The Balaban J connectivity index is 1.77. The molecule has 0 aliphatic heterocycles. The Morgan fingerprint density at radius 1 is 1.28 bits per heavy atom. The number of carbonyl (C=O) groups is 1. The predicted molar refractivity (Wildman–Crippen MR) is 101 cm³/mol. The van der Waals surface area contributed by atoms with Gasteiger partial charge in [-0.05, 0) is 35.9 Å². The van der Waals surface area contributed by atoms with Crippen LogP contribution in [0.1, 0.15) is 12.6 Å². The Bertz CT molecular complexity index is 982. The van der Waals surface area contributed by atoms with Gasteiger partial charge in [0.05, 0.1) is 23.6 Å². The Morgan fingerprint density at radius 2 is 2.16 bits per heavy atom. The van der Waals surface area contributed by atoms with Crippen molar-refractivity contribution in [1.29, 1.82) is 0 Å². The summed E-state index contributed by atoms with van der Waals surface area (Å²) in [5, 5.41) is 5.12. The molecule has 0 radical (unpaired) electrons. The van der Waals surface area contributed by atoms with Crippen LogP contribution < -0.4 is 0 Å². The van der Waals surface area contributed by atoms with Crippen molar-refractivity contribution in [3.8, 4) is 22.1 Å². The van der Waals surface area contributed by atoms with Crippen LogP contribution in [0, 0.1) is 0 Å². The van der Waals surface area contributed by atoms with E-state index in [1.807, 2.05) is 29.0 Å². The molecule has 0 aliphatic rings. The molecule has 0 bridgehead atoms. The van der Waals surface area contributed by atoms with Crippen molar-refractivity contribution in [3.05, 3.63) is 52.9 Å². The number of aromatic nitrogens is 1. The lowest BCUT2D eigenvalue weighted by molar-refractivity contribution is -0.142. The third kappa shape index (κ3) is 3.23. The van der Waals surface area contributed by atoms with E-state index in [0.717, 1.165) is 15.8 Å². The van der Waals surface area contributed by atoms with Crippen molar-refractivity contribution < 1.29 is 13.9 Å². The molecule has 0 N–H and O–H groups in total. The molecule has 0 amide bonds. The summed E-state index contributed by atoms with van der Waals surface area (Å²) in [5.74, 6) is 0.888. The number of esters is 1. The van der Waals surface area contributed by atoms with Gasteiger partial charge in [0.25, 0.3) is 0 Å². The molecular weight excluding hydrogens is 354 g/mol. The van der Waals surface area contributed by atoms with E-state index in [0.29, 0.717) is 24.0 Å². The van der Waals surface area contributed by atoms with E-state index in [4.69, 9.17) is 9.15 Å². The molecule has 1 aromatic carbocycles. The number of ether oxygens (including phenoxy) is 1. The number of rotatable bonds is 5. The number of thiophene rings is 2. The Morgan fingerprint density at radius 3 is 2.92 bits per heavy atom. The van der Waals surface area contributed by atoms with Crippen molar-refractivity contribution in [2.75, 3.05) is 6.61 Å². The van der Waals surface area contributed by atoms with Crippen LogP contribution in [0.25, 0.3) is 32.2 Å². The van der Waals surface area contributed by atoms with E-state index < -0.39 is 0 Å². The number of hydrogen-bond acceptors (Lipinski definition) is 6. The molecule has 4 aromatic rings. The van der Waals surface area contributed by atoms with E-state index in [2.05, 4.69) is 23.2 Å². The Kier molecular flexibility index (Phi) is 4.38. The highest BCUT2D eigenvalue weighted by molar-refractivity contribution is 7.22. The Hall–Kier alpha value is -2.44. The van der Waals surface area contributed by atoms with Gasteiger partial charge in [0, 0.05) is 15.6 Å². The maximum absolute atomic E-state index is 11.9. The van der Waals surface area contributed by atoms with Crippen molar-refractivity contribution in [3.63, 3.8) is 0 Å². The minimum absolute atomic E-state index is 0.105. The van der Waals surface area contributed by atoms with Crippen molar-refractivity contribution >= 4 is 38.7 Å². The monoisotopic (exact) mass is 369 g/mol. The molecule has 0 unspecified atom stereocenters. The minimum atomic E-state index is -0.296. The number of hydrogen-bond donors (Lipinski definition) is 0. The van der Waals surface area contributed by atoms with Gasteiger partial charge < -0.3 is 9.15 Å². The number of benzene rings is 1. The highest BCUT2D eigenvalue weighted by Gasteiger charge is 2.20. The summed E-state index contributed by atoms with van der Waals surface area (Å²) in [6.45, 7) is 2.15. The molecule has 6 heteroatoms. The normalized spacial score (nSPS) is 11.1. The molecule has 0 atom stereocenters. The standard InChI is InChI=1S/C19H15NO3S2/c1-2-22-17(21)10-14-18(13-7-8-24-11-13)23-19(20-14)16-9-12-5-3-4-6-15(12)25-16/h3-9,11H,2,10H2,1H3. The van der Waals surface area contributed by atoms with E-state index >= 15 is 0 Å². The molecule has 4 nitrogen and oxygen atoms in total. The fraction of sp³-hybridized carbons (Fsp3) is 0.158. The molecular formula is C19H15NO3S2. The van der Waals surface area contributed by atoms with Crippen LogP contribution in [0.15, 0.2) is 51.6 Å². The predicted octanol–water partition coefficient (Wildman–Crippen LogP) is 5.39. The van der Waals surface area contributed by atoms with Gasteiger partial charge in [-0.2, -0.15) is 11.3 Å². The quantitative estimate of drug-likeness (QED) is 0.443. The van der Waals surface area contributed by atoms with Gasteiger partial charge >= 0.3 is 5.97 Å². The lowest BCUT2D eigenvalue weighted by atomic mass is 10.2. The van der Waals surface area contributed by atoms with E-state index in [1.54, 1.807) is 29.6 Å². The topological polar surface area (TPSA) is 52.3 Å². The molecule has 0 spiro atoms. The van der Waals surface area contributed by atoms with Gasteiger partial charge in [0.15, 0.2) is 5.76 Å². The number of fused-ring (bicyclic) bond motifs is 1. The first kappa shape index (κ1) is 16.1. The van der Waals surface area contributed by atoms with Crippen LogP contribution in [-0.4, -0.2) is 17.6 Å². The minimum Gasteiger partial charge on any atom is -0.466 e. The molecule has 0 aliphatic carbocycles. The van der Waals surface area contributed by atoms with Crippen molar-refractivity contribution in [1.82, 2.24) is 4.98 Å². The van der Waals surface area contributed by atoms with Gasteiger partial charge in [-0.3, -0.25) is 4.79 Å². The second kappa shape index (κ2) is 6.82. The zero-order valence-corrected chi connectivity index (χ0v) is 15.2. The molecule has 4 rings (SSSR count). The van der Waals surface area contributed by atoms with Crippen LogP contribution in [0.4, 0.5) is 0 Å². The smallest absolute Gasteiger partial charge is 0.312 e.